The van der Waals surface area contributed by atoms with E-state index in [9.17, 15) is 33.9 Å². The van der Waals surface area contributed by atoms with Crippen molar-refractivity contribution >= 4 is 55.1 Å². The van der Waals surface area contributed by atoms with Gasteiger partial charge in [-0.2, -0.15) is 0 Å². The number of hydrogen-bond acceptors (Lipinski definition) is 18. The van der Waals surface area contributed by atoms with Gasteiger partial charge in [-0.3, -0.25) is 18.3 Å². The lowest BCUT2D eigenvalue weighted by molar-refractivity contribution is -0.167. The maximum Gasteiger partial charge on any atom is 0.351 e. The number of hydrogen-bond donors (Lipinski definition) is 8. The summed E-state index contributed by atoms with van der Waals surface area (Å²) in [4.78, 5) is 73.2. The van der Waals surface area contributed by atoms with E-state index in [0.29, 0.717) is 16.7 Å². The lowest BCUT2D eigenvalue weighted by Crippen LogP contribution is -2.44. The summed E-state index contributed by atoms with van der Waals surface area (Å²) in [7, 11) is -8.92. The van der Waals surface area contributed by atoms with Crippen molar-refractivity contribution in [2.24, 2.45) is 5.92 Å². The number of esters is 1. The van der Waals surface area contributed by atoms with E-state index in [4.69, 9.17) is 44.9 Å². The molecule has 10 N–H and O–H groups in total. The summed E-state index contributed by atoms with van der Waals surface area (Å²) in [6, 6.07) is 8.42. The lowest BCUT2D eigenvalue weighted by atomic mass is 9.90. The van der Waals surface area contributed by atoms with Gasteiger partial charge in [0, 0.05) is 0 Å². The molecule has 0 amide bonds. The Hall–Kier alpha value is -4.55. The van der Waals surface area contributed by atoms with Crippen molar-refractivity contribution in [3.05, 3.63) is 61.2 Å². The van der Waals surface area contributed by atoms with Crippen LogP contribution in [0, 0.1) is 5.92 Å². The first-order chi connectivity index (χ1) is 26.2. The molecule has 2 aliphatic rings. The normalized spacial score (nSPS) is 28.0. The van der Waals surface area contributed by atoms with Crippen LogP contribution in [0.15, 0.2) is 55.6 Å². The van der Waals surface area contributed by atoms with E-state index in [1.807, 2.05) is 0 Å². The first-order valence-electron chi connectivity index (χ1n) is 16.4. The third-order valence-electron chi connectivity index (χ3n) is 9.10. The molecule has 0 bridgehead atoms. The number of fused-ring (bicyclic) bond motifs is 2. The van der Waals surface area contributed by atoms with Crippen molar-refractivity contribution in [1.82, 2.24) is 39.0 Å². The predicted octanol–water partition coefficient (Wildman–Crippen LogP) is 0.194. The molecule has 0 unspecified atom stereocenters. The van der Waals surface area contributed by atoms with Gasteiger partial charge in [-0.15, -0.1) is 0 Å². The minimum atomic E-state index is -4.46. The molecular weight excluding hydrogens is 786 g/mol. The first-order valence-corrected chi connectivity index (χ1v) is 20.0. The van der Waals surface area contributed by atoms with Gasteiger partial charge < -0.3 is 64.9 Å². The van der Waals surface area contributed by atoms with E-state index < -0.39 is 82.1 Å². The molecule has 26 heteroatoms. The number of carbonyl (C=O) groups is 1. The topological polar surface area (TPSA) is 358 Å². The van der Waals surface area contributed by atoms with E-state index >= 15 is 0 Å². The first kappa shape index (κ1) is 41.1. The summed E-state index contributed by atoms with van der Waals surface area (Å²) in [5.74, 6) is -0.922. The summed E-state index contributed by atoms with van der Waals surface area (Å²) >= 11 is 0. The van der Waals surface area contributed by atoms with Gasteiger partial charge in [0.15, 0.2) is 66.3 Å². The Morgan fingerprint density at radius 2 is 1.29 bits per heavy atom. The number of aliphatic hydroxyl groups is 2. The fraction of sp³-hybridized carbons (Fsp3) is 0.433. The van der Waals surface area contributed by atoms with Crippen LogP contribution in [0.2, 0.25) is 0 Å². The second-order valence-corrected chi connectivity index (χ2v) is 16.4. The summed E-state index contributed by atoms with van der Waals surface area (Å²) in [6.07, 6.45) is -2.87. The van der Waals surface area contributed by atoms with Crippen molar-refractivity contribution in [2.45, 2.75) is 63.1 Å². The molecule has 56 heavy (non-hydrogen) atoms. The molecule has 0 radical (unpaired) electrons. The van der Waals surface area contributed by atoms with Crippen molar-refractivity contribution < 1.29 is 67.4 Å². The number of rotatable bonds is 10. The molecule has 6 heterocycles. The molecule has 2 fully saturated rings. The van der Waals surface area contributed by atoms with Crippen LogP contribution in [0.1, 0.15) is 43.6 Å². The van der Waals surface area contributed by atoms with E-state index in [0.717, 1.165) is 0 Å². The largest absolute Gasteiger partial charge is 0.450 e. The molecule has 0 saturated carbocycles. The summed E-state index contributed by atoms with van der Waals surface area (Å²) in [5, 5.41) is 20.7. The minimum Gasteiger partial charge on any atom is -0.450 e. The number of benzene rings is 1. The number of anilines is 2. The smallest absolute Gasteiger partial charge is 0.351 e. The molecule has 0 aliphatic carbocycles. The van der Waals surface area contributed by atoms with Crippen molar-refractivity contribution in [1.29, 1.82) is 0 Å². The monoisotopic (exact) mass is 824 g/mol. The van der Waals surface area contributed by atoms with Crippen LogP contribution in [-0.4, -0.2) is 117 Å². The highest BCUT2D eigenvalue weighted by atomic mass is 31.2. The number of aliphatic hydroxyl groups excluding tert-OH is 1. The Bertz CT molecular complexity index is 2300. The number of imidazole rings is 2. The molecule has 24 nitrogen and oxygen atoms in total. The van der Waals surface area contributed by atoms with Crippen molar-refractivity contribution in [2.75, 3.05) is 24.2 Å². The van der Waals surface area contributed by atoms with Crippen LogP contribution in [0.25, 0.3) is 22.3 Å². The Labute approximate surface area is 315 Å². The molecular formula is C30H38N10O14P2. The van der Waals surface area contributed by atoms with Gasteiger partial charge in [0.1, 0.15) is 35.4 Å². The lowest BCUT2D eigenvalue weighted by Gasteiger charge is -2.33. The highest BCUT2D eigenvalue weighted by Crippen LogP contribution is 2.48. The zero-order valence-electron chi connectivity index (χ0n) is 29.7. The van der Waals surface area contributed by atoms with Crippen LogP contribution in [0.5, 0.6) is 0 Å². The molecule has 4 aromatic heterocycles. The standard InChI is InChI=1S/C19H22N5O7P.C11H16N5O7P/c1-11-17(29-10-32(26,27)28)30-18(24-9-23-13-14(20)21-8-22-15(13)24)19(11,2)31-16(25)12-6-4-3-5-7-12;1-11(18)6(17)9(22-4-24(19,20)21)23-10(11)16-3-15-5-7(12)13-2-14-8(5)16/h3-9,11,17-18H,10H2,1-2H3,(H2,20,21,22)(H2,26,27,28);2-3,6,9-10,17-18H,4H2,1H3,(H2,12,13,14)(H2,19,20,21)/t11-,17+,18-,19-;6-,9+,10-,11-/m11/s1. The van der Waals surface area contributed by atoms with Gasteiger partial charge in [-0.25, -0.2) is 34.7 Å². The maximum atomic E-state index is 12.9. The molecule has 2 aliphatic heterocycles. The molecule has 2 saturated heterocycles. The zero-order chi connectivity index (χ0) is 40.8. The number of nitrogens with zero attached hydrogens (tertiary/aromatic N) is 8. The Kier molecular flexibility index (Phi) is 11.3. The van der Waals surface area contributed by atoms with E-state index in [2.05, 4.69) is 29.9 Å². The number of carbonyl (C=O) groups excluding carboxylic acids is 1. The summed E-state index contributed by atoms with van der Waals surface area (Å²) in [5.41, 5.74) is 9.96. The summed E-state index contributed by atoms with van der Waals surface area (Å²) in [6.45, 7) is 4.64. The summed E-state index contributed by atoms with van der Waals surface area (Å²) < 4.78 is 52.7. The van der Waals surface area contributed by atoms with Crippen LogP contribution >= 0.6 is 15.2 Å². The van der Waals surface area contributed by atoms with E-state index in [1.165, 1.54) is 41.4 Å². The van der Waals surface area contributed by atoms with Gasteiger partial charge in [0.2, 0.25) is 0 Å². The van der Waals surface area contributed by atoms with Crippen molar-refractivity contribution in [3.63, 3.8) is 0 Å². The van der Waals surface area contributed by atoms with Gasteiger partial charge in [-0.05, 0) is 26.0 Å². The molecule has 302 valence electrons. The average Bonchev–Trinajstić information content (AvgIpc) is 3.87. The zero-order valence-corrected chi connectivity index (χ0v) is 31.4. The number of nitrogen functional groups attached to an aromatic ring is 2. The van der Waals surface area contributed by atoms with Gasteiger partial charge in [0.05, 0.1) is 24.1 Å². The van der Waals surface area contributed by atoms with Gasteiger partial charge in [-0.1, -0.05) is 25.1 Å². The minimum absolute atomic E-state index is 0.131. The fourth-order valence-electron chi connectivity index (χ4n) is 6.04. The van der Waals surface area contributed by atoms with Crippen LogP contribution < -0.4 is 11.5 Å². The Balaban J connectivity index is 0.000000198. The molecule has 8 atom stereocenters. The predicted molar refractivity (Wildman–Crippen MR) is 189 cm³/mol. The van der Waals surface area contributed by atoms with Crippen LogP contribution in [-0.2, 0) is 32.8 Å². The Morgan fingerprint density at radius 3 is 1.80 bits per heavy atom. The highest BCUT2D eigenvalue weighted by Gasteiger charge is 2.57. The molecule has 7 rings (SSSR count). The number of ether oxygens (including phenoxy) is 5. The highest BCUT2D eigenvalue weighted by molar-refractivity contribution is 7.51. The average molecular weight is 825 g/mol. The molecule has 5 aromatic rings. The van der Waals surface area contributed by atoms with Gasteiger partial charge >= 0.3 is 21.2 Å². The Morgan fingerprint density at radius 1 is 0.804 bits per heavy atom. The van der Waals surface area contributed by atoms with Crippen LogP contribution in [0.4, 0.5) is 11.6 Å². The fourth-order valence-corrected chi connectivity index (χ4v) is 6.72. The molecule has 0 spiro atoms. The third kappa shape index (κ3) is 8.27. The van der Waals surface area contributed by atoms with E-state index in [1.54, 1.807) is 44.2 Å². The van der Waals surface area contributed by atoms with E-state index in [-0.39, 0.29) is 22.8 Å². The van der Waals surface area contributed by atoms with Crippen molar-refractivity contribution in [3.8, 4) is 0 Å². The van der Waals surface area contributed by atoms with Crippen LogP contribution in [0.3, 0.4) is 0 Å². The maximum absolute atomic E-state index is 12.9. The molecule has 1 aromatic carbocycles. The quantitative estimate of drug-likeness (QED) is 0.0688. The second-order valence-electron chi connectivity index (χ2n) is 13.2. The third-order valence-corrected chi connectivity index (χ3v) is 10.1. The second kappa shape index (κ2) is 15.4. The number of aromatic nitrogens is 8. The van der Waals surface area contributed by atoms with Gasteiger partial charge in [0.25, 0.3) is 0 Å². The SMILES string of the molecule is C[C@@H]1[C@@H](OCP(=O)(O)O)O[C@@H](n2cnc3c(N)ncnc32)[C@]1(C)OC(=O)c1ccccc1.C[C@@]1(O)[C@H](O)[C@@H](OCP(=O)(O)O)O[C@H]1n1cnc2c(N)ncnc21. The number of nitrogens with two attached hydrogens (primary N) is 2.